The fourth-order valence-electron chi connectivity index (χ4n) is 2.74. The number of hydrogen-bond acceptors (Lipinski definition) is 6. The van der Waals surface area contributed by atoms with E-state index in [1.54, 1.807) is 73.1 Å². The molecule has 1 N–H and O–H groups in total. The Bertz CT molecular complexity index is 1220. The molecule has 0 bridgehead atoms. The minimum Gasteiger partial charge on any atom is -0.325 e. The highest BCUT2D eigenvalue weighted by Gasteiger charge is 2.20. The predicted molar refractivity (Wildman–Crippen MR) is 120 cm³/mol. The summed E-state index contributed by atoms with van der Waals surface area (Å²) in [6, 6.07) is 19.2. The number of pyridine rings is 1. The van der Waals surface area contributed by atoms with Crippen LogP contribution in [0.1, 0.15) is 10.4 Å². The molecule has 0 spiro atoms. The van der Waals surface area contributed by atoms with Gasteiger partial charge in [0.1, 0.15) is 0 Å². The molecule has 0 atom stereocenters. The molecule has 0 aliphatic rings. The molecule has 2 aromatic carbocycles. The lowest BCUT2D eigenvalue weighted by Crippen LogP contribution is -2.17. The summed E-state index contributed by atoms with van der Waals surface area (Å²) in [5.74, 6) is -0.154. The van der Waals surface area contributed by atoms with Crippen LogP contribution in [-0.2, 0) is 4.79 Å². The molecule has 4 aromatic rings. The molecule has 7 nitrogen and oxygen atoms in total. The zero-order valence-electron chi connectivity index (χ0n) is 16.1. The van der Waals surface area contributed by atoms with E-state index in [-0.39, 0.29) is 17.6 Å². The molecule has 0 fully saturated rings. The smallest absolute Gasteiger partial charge is 0.280 e. The summed E-state index contributed by atoms with van der Waals surface area (Å²) in [7, 11) is 0. The SMILES string of the molecule is O=C(CSc1nc(-c2ccncc2)nn1C(=O)c1ccccc1)Nc1cccc(Cl)c1. The fraction of sp³-hybridized carbons (Fsp3) is 0.0455. The standard InChI is InChI=1S/C22H16ClN5O2S/c23-17-7-4-8-18(13-17)25-19(29)14-31-22-26-20(15-9-11-24-12-10-15)27-28(22)21(30)16-5-2-1-3-6-16/h1-13H,14H2,(H,25,29). The summed E-state index contributed by atoms with van der Waals surface area (Å²) in [4.78, 5) is 33.9. The highest BCUT2D eigenvalue weighted by atomic mass is 35.5. The number of amides is 1. The van der Waals surface area contributed by atoms with Crippen molar-refractivity contribution >= 4 is 40.9 Å². The van der Waals surface area contributed by atoms with Crippen molar-refractivity contribution in [3.63, 3.8) is 0 Å². The number of nitrogens with zero attached hydrogens (tertiary/aromatic N) is 4. The first-order valence-corrected chi connectivity index (χ1v) is 10.6. The molecule has 0 unspecified atom stereocenters. The second kappa shape index (κ2) is 9.55. The van der Waals surface area contributed by atoms with Crippen LogP contribution in [0.5, 0.6) is 0 Å². The van der Waals surface area contributed by atoms with Crippen LogP contribution < -0.4 is 5.32 Å². The number of carbonyl (C=O) groups excluding carboxylic acids is 2. The Balaban J connectivity index is 1.57. The number of aromatic nitrogens is 4. The van der Waals surface area contributed by atoms with Crippen LogP contribution in [-0.4, -0.2) is 37.3 Å². The topological polar surface area (TPSA) is 89.8 Å². The Morgan fingerprint density at radius 1 is 1.00 bits per heavy atom. The number of anilines is 1. The summed E-state index contributed by atoms with van der Waals surface area (Å²) in [6.45, 7) is 0. The molecule has 1 amide bonds. The van der Waals surface area contributed by atoms with Gasteiger partial charge in [-0.05, 0) is 42.5 Å². The number of benzene rings is 2. The van der Waals surface area contributed by atoms with Crippen molar-refractivity contribution in [3.8, 4) is 11.4 Å². The maximum atomic E-state index is 13.0. The van der Waals surface area contributed by atoms with Crippen molar-refractivity contribution in [2.24, 2.45) is 0 Å². The Morgan fingerprint density at radius 3 is 2.52 bits per heavy atom. The van der Waals surface area contributed by atoms with Gasteiger partial charge in [0.05, 0.1) is 5.75 Å². The summed E-state index contributed by atoms with van der Waals surface area (Å²) < 4.78 is 1.22. The van der Waals surface area contributed by atoms with Crippen molar-refractivity contribution in [1.82, 2.24) is 19.7 Å². The lowest BCUT2D eigenvalue weighted by molar-refractivity contribution is -0.113. The van der Waals surface area contributed by atoms with Crippen molar-refractivity contribution < 1.29 is 9.59 Å². The van der Waals surface area contributed by atoms with Gasteiger partial charge in [0.15, 0.2) is 11.0 Å². The van der Waals surface area contributed by atoms with Crippen LogP contribution >= 0.6 is 23.4 Å². The maximum Gasteiger partial charge on any atom is 0.280 e. The van der Waals surface area contributed by atoms with E-state index in [1.807, 2.05) is 6.07 Å². The molecule has 2 heterocycles. The van der Waals surface area contributed by atoms with E-state index in [0.717, 1.165) is 17.3 Å². The first-order chi connectivity index (χ1) is 15.1. The lowest BCUT2D eigenvalue weighted by Gasteiger charge is -2.06. The Hall–Kier alpha value is -3.49. The molecule has 154 valence electrons. The van der Waals surface area contributed by atoms with Crippen LogP contribution in [0.15, 0.2) is 84.3 Å². The second-order valence-corrected chi connectivity index (χ2v) is 7.76. The number of carbonyl (C=O) groups is 2. The maximum absolute atomic E-state index is 13.0. The summed E-state index contributed by atoms with van der Waals surface area (Å²) in [6.07, 6.45) is 3.25. The second-order valence-electron chi connectivity index (χ2n) is 6.38. The van der Waals surface area contributed by atoms with E-state index in [1.165, 1.54) is 4.68 Å². The Labute approximate surface area is 187 Å². The molecule has 9 heteroatoms. The third-order valence-electron chi connectivity index (χ3n) is 4.17. The number of hydrogen-bond donors (Lipinski definition) is 1. The average molecular weight is 450 g/mol. The van der Waals surface area contributed by atoms with Gasteiger partial charge < -0.3 is 5.32 Å². The summed E-state index contributed by atoms with van der Waals surface area (Å²) in [5.41, 5.74) is 1.79. The third kappa shape index (κ3) is 5.17. The minimum absolute atomic E-state index is 0.0447. The Morgan fingerprint density at radius 2 is 1.77 bits per heavy atom. The Kier molecular flexibility index (Phi) is 6.40. The summed E-state index contributed by atoms with van der Waals surface area (Å²) >= 11 is 7.08. The molecule has 31 heavy (non-hydrogen) atoms. The van der Waals surface area contributed by atoms with Crippen LogP contribution in [0.25, 0.3) is 11.4 Å². The van der Waals surface area contributed by atoms with Gasteiger partial charge in [-0.3, -0.25) is 14.6 Å². The van der Waals surface area contributed by atoms with Gasteiger partial charge in [-0.2, -0.15) is 4.68 Å². The van der Waals surface area contributed by atoms with Crippen LogP contribution in [0.2, 0.25) is 5.02 Å². The van der Waals surface area contributed by atoms with Gasteiger partial charge in [0.25, 0.3) is 5.91 Å². The lowest BCUT2D eigenvalue weighted by atomic mass is 10.2. The normalized spacial score (nSPS) is 10.6. The number of nitrogens with one attached hydrogen (secondary N) is 1. The zero-order valence-corrected chi connectivity index (χ0v) is 17.7. The van der Waals surface area contributed by atoms with E-state index in [9.17, 15) is 9.59 Å². The van der Waals surface area contributed by atoms with E-state index in [2.05, 4.69) is 20.4 Å². The van der Waals surface area contributed by atoms with Crippen molar-refractivity contribution in [2.75, 3.05) is 11.1 Å². The third-order valence-corrected chi connectivity index (χ3v) is 5.33. The van der Waals surface area contributed by atoms with Gasteiger partial charge in [0.2, 0.25) is 5.91 Å². The largest absolute Gasteiger partial charge is 0.325 e. The average Bonchev–Trinajstić information content (AvgIpc) is 3.23. The van der Waals surface area contributed by atoms with Gasteiger partial charge in [-0.1, -0.05) is 47.6 Å². The highest BCUT2D eigenvalue weighted by molar-refractivity contribution is 7.99. The van der Waals surface area contributed by atoms with Gasteiger partial charge in [-0.25, -0.2) is 4.98 Å². The first kappa shape index (κ1) is 20.8. The molecule has 0 saturated heterocycles. The molecule has 0 radical (unpaired) electrons. The predicted octanol–water partition coefficient (Wildman–Crippen LogP) is 4.41. The monoisotopic (exact) mass is 449 g/mol. The van der Waals surface area contributed by atoms with Gasteiger partial charge in [0, 0.05) is 34.2 Å². The fourth-order valence-corrected chi connectivity index (χ4v) is 3.66. The molecular weight excluding hydrogens is 434 g/mol. The zero-order chi connectivity index (χ0) is 21.6. The number of rotatable bonds is 6. The minimum atomic E-state index is -0.328. The summed E-state index contributed by atoms with van der Waals surface area (Å²) in [5, 5.41) is 8.02. The molecule has 2 aromatic heterocycles. The van der Waals surface area contributed by atoms with Crippen molar-refractivity contribution in [1.29, 1.82) is 0 Å². The molecular formula is C22H16ClN5O2S. The molecule has 0 saturated carbocycles. The first-order valence-electron chi connectivity index (χ1n) is 9.25. The van der Waals surface area contributed by atoms with E-state index >= 15 is 0 Å². The van der Waals surface area contributed by atoms with Crippen LogP contribution in [0, 0.1) is 0 Å². The van der Waals surface area contributed by atoms with E-state index in [0.29, 0.717) is 27.3 Å². The number of halogens is 1. The highest BCUT2D eigenvalue weighted by Crippen LogP contribution is 2.23. The molecule has 0 aliphatic carbocycles. The number of thioether (sulfide) groups is 1. The van der Waals surface area contributed by atoms with E-state index < -0.39 is 0 Å². The van der Waals surface area contributed by atoms with Crippen LogP contribution in [0.3, 0.4) is 0 Å². The quantitative estimate of drug-likeness (QED) is 0.438. The van der Waals surface area contributed by atoms with Crippen molar-refractivity contribution in [3.05, 3.63) is 89.7 Å². The van der Waals surface area contributed by atoms with Crippen LogP contribution in [0.4, 0.5) is 5.69 Å². The molecule has 4 rings (SSSR count). The van der Waals surface area contributed by atoms with Gasteiger partial charge in [-0.15, -0.1) is 5.10 Å². The van der Waals surface area contributed by atoms with E-state index in [4.69, 9.17) is 11.6 Å². The van der Waals surface area contributed by atoms with Gasteiger partial charge >= 0.3 is 0 Å². The van der Waals surface area contributed by atoms with Crippen molar-refractivity contribution in [2.45, 2.75) is 5.16 Å². The molecule has 0 aliphatic heterocycles.